The zero-order chi connectivity index (χ0) is 20.8. The molecule has 1 amide bonds. The number of carbonyl (C=O) groups is 1. The highest BCUT2D eigenvalue weighted by atomic mass is 19.1. The first-order valence-electron chi connectivity index (χ1n) is 9.99. The van der Waals surface area contributed by atoms with Crippen LogP contribution in [-0.4, -0.2) is 62.7 Å². The van der Waals surface area contributed by atoms with Gasteiger partial charge in [0.15, 0.2) is 0 Å². The van der Waals surface area contributed by atoms with Crippen molar-refractivity contribution in [2.45, 2.75) is 44.3 Å². The third-order valence-electron chi connectivity index (χ3n) is 5.18. The Balaban J connectivity index is 1.71. The van der Waals surface area contributed by atoms with Gasteiger partial charge in [0, 0.05) is 26.3 Å². The van der Waals surface area contributed by atoms with Crippen LogP contribution in [0.25, 0.3) is 0 Å². The molecule has 29 heavy (non-hydrogen) atoms. The van der Waals surface area contributed by atoms with Crippen LogP contribution in [0.5, 0.6) is 5.75 Å². The summed E-state index contributed by atoms with van der Waals surface area (Å²) in [5.74, 6) is 0.0564. The molecule has 3 rings (SSSR count). The number of hydrogen-bond donors (Lipinski definition) is 2. The van der Waals surface area contributed by atoms with Crippen molar-refractivity contribution in [2.24, 2.45) is 7.05 Å². The third-order valence-corrected chi connectivity index (χ3v) is 5.18. The average molecular weight is 405 g/mol. The number of benzene rings is 1. The van der Waals surface area contributed by atoms with Gasteiger partial charge in [0.05, 0.1) is 17.9 Å². The fraction of sp³-hybridized carbons (Fsp3) is 0.524. The second-order valence-corrected chi connectivity index (χ2v) is 7.49. The third kappa shape index (κ3) is 5.77. The molecule has 0 saturated carbocycles. The van der Waals surface area contributed by atoms with Crippen molar-refractivity contribution in [3.05, 3.63) is 47.5 Å². The summed E-state index contributed by atoms with van der Waals surface area (Å²) >= 11 is 0. The summed E-state index contributed by atoms with van der Waals surface area (Å²) in [5, 5.41) is 24.6. The summed E-state index contributed by atoms with van der Waals surface area (Å²) in [6, 6.07) is 4.33. The summed E-state index contributed by atoms with van der Waals surface area (Å²) in [7, 11) is 1.75. The van der Waals surface area contributed by atoms with Crippen LogP contribution in [0.1, 0.15) is 41.6 Å². The van der Waals surface area contributed by atoms with E-state index in [2.05, 4.69) is 5.10 Å². The highest BCUT2D eigenvalue weighted by Crippen LogP contribution is 2.23. The Morgan fingerprint density at radius 1 is 1.21 bits per heavy atom. The molecule has 158 valence electrons. The molecule has 1 aliphatic rings. The molecular weight excluding hydrogens is 377 g/mol. The van der Waals surface area contributed by atoms with E-state index in [-0.39, 0.29) is 24.8 Å². The predicted octanol–water partition coefficient (Wildman–Crippen LogP) is 1.92. The molecule has 0 spiro atoms. The highest BCUT2D eigenvalue weighted by molar-refractivity contribution is 5.93. The molecule has 0 unspecified atom stereocenters. The molecule has 2 aromatic rings. The van der Waals surface area contributed by atoms with Gasteiger partial charge in [0.25, 0.3) is 5.91 Å². The van der Waals surface area contributed by atoms with E-state index in [1.165, 1.54) is 18.3 Å². The summed E-state index contributed by atoms with van der Waals surface area (Å²) < 4.78 is 20.8. The predicted molar refractivity (Wildman–Crippen MR) is 105 cm³/mol. The van der Waals surface area contributed by atoms with Crippen LogP contribution in [0.2, 0.25) is 0 Å². The van der Waals surface area contributed by atoms with Crippen molar-refractivity contribution in [3.8, 4) is 5.75 Å². The number of amides is 1. The monoisotopic (exact) mass is 405 g/mol. The van der Waals surface area contributed by atoms with E-state index < -0.39 is 12.2 Å². The molecule has 1 aromatic carbocycles. The van der Waals surface area contributed by atoms with Crippen LogP contribution in [-0.2, 0) is 13.5 Å². The molecule has 1 aromatic heterocycles. The van der Waals surface area contributed by atoms with Crippen LogP contribution in [0.4, 0.5) is 4.39 Å². The standard InChI is InChI=1S/C21H28FN3O4/c1-24-13-16(12-23-24)21(28)25-9-4-2-3-5-15-11-17(22)6-7-20(15)29-14-19(27)18(26)8-10-25/h6-7,11-13,18-19,26-27H,2-5,8-10,14H2,1H3/t18-,19+/m0/s1. The second kappa shape index (κ2) is 9.84. The minimum absolute atomic E-state index is 0.101. The molecule has 1 aliphatic heterocycles. The number of halogens is 1. The fourth-order valence-corrected chi connectivity index (χ4v) is 3.47. The van der Waals surface area contributed by atoms with E-state index in [9.17, 15) is 19.4 Å². The van der Waals surface area contributed by atoms with Crippen molar-refractivity contribution in [1.29, 1.82) is 0 Å². The first-order valence-corrected chi connectivity index (χ1v) is 9.99. The number of rotatable bonds is 1. The Morgan fingerprint density at radius 3 is 2.79 bits per heavy atom. The van der Waals surface area contributed by atoms with E-state index in [0.29, 0.717) is 30.8 Å². The van der Waals surface area contributed by atoms with E-state index in [1.807, 2.05) is 0 Å². The van der Waals surface area contributed by atoms with Gasteiger partial charge in [-0.3, -0.25) is 9.48 Å². The summed E-state index contributed by atoms with van der Waals surface area (Å²) in [5.41, 5.74) is 1.24. The van der Waals surface area contributed by atoms with Crippen molar-refractivity contribution in [2.75, 3.05) is 19.7 Å². The molecule has 2 atom stereocenters. The maximum absolute atomic E-state index is 13.6. The van der Waals surface area contributed by atoms with Gasteiger partial charge >= 0.3 is 0 Å². The van der Waals surface area contributed by atoms with Crippen molar-refractivity contribution in [3.63, 3.8) is 0 Å². The van der Waals surface area contributed by atoms with Crippen LogP contribution >= 0.6 is 0 Å². The van der Waals surface area contributed by atoms with Crippen molar-refractivity contribution < 1.29 is 24.1 Å². The van der Waals surface area contributed by atoms with E-state index in [0.717, 1.165) is 24.8 Å². The van der Waals surface area contributed by atoms with Gasteiger partial charge in [0.2, 0.25) is 0 Å². The van der Waals surface area contributed by atoms with Crippen LogP contribution < -0.4 is 4.74 Å². The smallest absolute Gasteiger partial charge is 0.257 e. The van der Waals surface area contributed by atoms with Gasteiger partial charge in [0.1, 0.15) is 24.3 Å². The van der Waals surface area contributed by atoms with E-state index in [4.69, 9.17) is 4.74 Å². The number of hydrogen-bond acceptors (Lipinski definition) is 5. The molecule has 0 bridgehead atoms. The fourth-order valence-electron chi connectivity index (χ4n) is 3.47. The lowest BCUT2D eigenvalue weighted by Gasteiger charge is -2.26. The van der Waals surface area contributed by atoms with Gasteiger partial charge in [-0.05, 0) is 49.4 Å². The minimum atomic E-state index is -1.11. The molecule has 0 radical (unpaired) electrons. The summed E-state index contributed by atoms with van der Waals surface area (Å²) in [6.45, 7) is 0.771. The highest BCUT2D eigenvalue weighted by Gasteiger charge is 2.22. The van der Waals surface area contributed by atoms with Gasteiger partial charge in [-0.15, -0.1) is 0 Å². The number of aliphatic hydroxyl groups is 2. The van der Waals surface area contributed by atoms with Gasteiger partial charge in [-0.25, -0.2) is 4.39 Å². The molecule has 8 heteroatoms. The van der Waals surface area contributed by atoms with Crippen molar-refractivity contribution in [1.82, 2.24) is 14.7 Å². The lowest BCUT2D eigenvalue weighted by Crippen LogP contribution is -2.38. The number of fused-ring (bicyclic) bond motifs is 1. The van der Waals surface area contributed by atoms with Crippen LogP contribution in [0, 0.1) is 5.82 Å². The molecular formula is C21H28FN3O4. The molecule has 2 N–H and O–H groups in total. The lowest BCUT2D eigenvalue weighted by atomic mass is 10.0. The normalized spacial score (nSPS) is 21.7. The zero-order valence-electron chi connectivity index (χ0n) is 16.6. The van der Waals surface area contributed by atoms with Crippen LogP contribution in [0.3, 0.4) is 0 Å². The number of aryl methyl sites for hydroxylation is 2. The van der Waals surface area contributed by atoms with Gasteiger partial charge in [-0.2, -0.15) is 5.10 Å². The summed E-state index contributed by atoms with van der Waals surface area (Å²) in [4.78, 5) is 14.5. The number of carbonyl (C=O) groups excluding carboxylic acids is 1. The Bertz CT molecular complexity index is 826. The second-order valence-electron chi connectivity index (χ2n) is 7.49. The SMILES string of the molecule is Cn1cc(C(=O)N2CCCCCc3cc(F)ccc3OC[C@@H](O)[C@@H](O)CC2)cn1. The molecule has 2 heterocycles. The Labute approximate surface area is 169 Å². The Hall–Kier alpha value is -2.45. The largest absolute Gasteiger partial charge is 0.491 e. The number of ether oxygens (including phenoxy) is 1. The number of aromatic nitrogens is 2. The minimum Gasteiger partial charge on any atom is -0.491 e. The maximum Gasteiger partial charge on any atom is 0.257 e. The summed E-state index contributed by atoms with van der Waals surface area (Å²) in [6.07, 6.45) is 4.41. The van der Waals surface area contributed by atoms with Gasteiger partial charge in [-0.1, -0.05) is 6.42 Å². The first kappa shape index (κ1) is 21.3. The maximum atomic E-state index is 13.6. The topological polar surface area (TPSA) is 87.8 Å². The van der Waals surface area contributed by atoms with E-state index in [1.54, 1.807) is 28.9 Å². The van der Waals surface area contributed by atoms with Crippen molar-refractivity contribution >= 4 is 5.91 Å². The molecule has 0 fully saturated rings. The van der Waals surface area contributed by atoms with Gasteiger partial charge < -0.3 is 19.8 Å². The van der Waals surface area contributed by atoms with E-state index >= 15 is 0 Å². The molecule has 0 saturated heterocycles. The Kier molecular flexibility index (Phi) is 7.22. The first-order chi connectivity index (χ1) is 13.9. The zero-order valence-corrected chi connectivity index (χ0v) is 16.6. The average Bonchev–Trinajstić information content (AvgIpc) is 3.14. The molecule has 0 aliphatic carbocycles. The van der Waals surface area contributed by atoms with Crippen LogP contribution in [0.15, 0.2) is 30.6 Å². The quantitative estimate of drug-likeness (QED) is 0.757. The number of aliphatic hydroxyl groups excluding tert-OH is 2. The lowest BCUT2D eigenvalue weighted by molar-refractivity contribution is -0.0153. The number of nitrogens with zero attached hydrogens (tertiary/aromatic N) is 3. The Morgan fingerprint density at radius 2 is 2.03 bits per heavy atom. The molecule has 7 nitrogen and oxygen atoms in total.